The molecule has 72 heavy (non-hydrogen) atoms. The lowest BCUT2D eigenvalue weighted by molar-refractivity contribution is -0.161. The zero-order valence-electron chi connectivity index (χ0n) is 45.4. The van der Waals surface area contributed by atoms with Crippen LogP contribution in [0.5, 0.6) is 0 Å². The Morgan fingerprint density at radius 1 is 0.403 bits per heavy atom. The van der Waals surface area contributed by atoms with Crippen molar-refractivity contribution in [3.63, 3.8) is 0 Å². The molecule has 0 aliphatic carbocycles. The number of hydrogen-bond donors (Lipinski definition) is 2. The van der Waals surface area contributed by atoms with Gasteiger partial charge in [-0.1, -0.05) is 189 Å². The van der Waals surface area contributed by atoms with Gasteiger partial charge in [-0.2, -0.15) is 0 Å². The van der Waals surface area contributed by atoms with Gasteiger partial charge in [0.1, 0.15) is 12.7 Å². The van der Waals surface area contributed by atoms with Crippen molar-refractivity contribution < 1.29 is 52.2 Å². The maximum atomic E-state index is 12.9. The highest BCUT2D eigenvalue weighted by molar-refractivity contribution is 7.47. The number of allylic oxidation sites excluding steroid dienone is 16. The third-order valence-corrected chi connectivity index (χ3v) is 12.4. The molecule has 0 rings (SSSR count). The maximum Gasteiger partial charge on any atom is 0.472 e. The second-order valence-corrected chi connectivity index (χ2v) is 19.8. The number of carbonyl (C=O) groups excluding carboxylic acids is 3. The lowest BCUT2D eigenvalue weighted by atomic mass is 10.1. The highest BCUT2D eigenvalue weighted by Crippen LogP contribution is 2.43. The van der Waals surface area contributed by atoms with Gasteiger partial charge < -0.3 is 24.2 Å². The zero-order valence-corrected chi connectivity index (χ0v) is 46.3. The van der Waals surface area contributed by atoms with Crippen LogP contribution in [0.4, 0.5) is 0 Å². The van der Waals surface area contributed by atoms with Gasteiger partial charge in [0, 0.05) is 19.3 Å². The summed E-state index contributed by atoms with van der Waals surface area (Å²) < 4.78 is 39.4. The number of rotatable bonds is 51. The molecule has 0 fully saturated rings. The van der Waals surface area contributed by atoms with E-state index >= 15 is 0 Å². The molecule has 2 N–H and O–H groups in total. The van der Waals surface area contributed by atoms with Crippen molar-refractivity contribution in [1.82, 2.24) is 0 Å². The summed E-state index contributed by atoms with van der Waals surface area (Å²) >= 11 is 0. The van der Waals surface area contributed by atoms with E-state index in [-0.39, 0.29) is 25.9 Å². The average Bonchev–Trinajstić information content (AvgIpc) is 3.37. The summed E-state index contributed by atoms with van der Waals surface area (Å²) in [6.45, 7) is 4.34. The molecule has 0 amide bonds. The first-order valence-electron chi connectivity index (χ1n) is 28.1. The van der Waals surface area contributed by atoms with Crippen LogP contribution in [0.15, 0.2) is 97.2 Å². The first kappa shape index (κ1) is 68.4. The molecule has 0 aromatic rings. The molecular weight excluding hydrogens is 928 g/mol. The number of phosphoric ester groups is 1. The van der Waals surface area contributed by atoms with Crippen LogP contribution in [0.3, 0.4) is 0 Å². The molecule has 0 aliphatic heterocycles. The second-order valence-electron chi connectivity index (χ2n) is 18.3. The highest BCUT2D eigenvalue weighted by Gasteiger charge is 2.28. The Kier molecular flexibility index (Phi) is 51.0. The summed E-state index contributed by atoms with van der Waals surface area (Å²) in [5.74, 6) is -1.53. The van der Waals surface area contributed by atoms with Gasteiger partial charge in [0.2, 0.25) is 0 Å². The van der Waals surface area contributed by atoms with Gasteiger partial charge >= 0.3 is 25.7 Å². The molecule has 0 aromatic carbocycles. The average molecular weight is 1030 g/mol. The number of unbranched alkanes of at least 4 members (excludes halogenated alkanes) is 18. The number of carbonyl (C=O) groups is 3. The molecule has 0 saturated carbocycles. The summed E-state index contributed by atoms with van der Waals surface area (Å²) in [5.41, 5.74) is 0. The first-order chi connectivity index (χ1) is 35.2. The van der Waals surface area contributed by atoms with E-state index in [1.54, 1.807) is 0 Å². The Morgan fingerprint density at radius 2 is 0.722 bits per heavy atom. The van der Waals surface area contributed by atoms with E-state index in [1.807, 2.05) is 0 Å². The quantitative estimate of drug-likeness (QED) is 0.0197. The van der Waals surface area contributed by atoms with E-state index in [4.69, 9.17) is 23.3 Å². The Bertz CT molecular complexity index is 1580. The molecule has 3 atom stereocenters. The van der Waals surface area contributed by atoms with Crippen LogP contribution in [-0.2, 0) is 42.2 Å². The van der Waals surface area contributed by atoms with Crippen LogP contribution in [0.1, 0.15) is 226 Å². The summed E-state index contributed by atoms with van der Waals surface area (Å²) in [5, 5.41) is 9.80. The Morgan fingerprint density at radius 3 is 1.12 bits per heavy atom. The van der Waals surface area contributed by atoms with Crippen LogP contribution < -0.4 is 0 Å². The van der Waals surface area contributed by atoms with Gasteiger partial charge in [-0.05, 0) is 116 Å². The normalized spacial score (nSPS) is 14.1. The molecule has 12 heteroatoms. The molecule has 0 aromatic heterocycles. The monoisotopic (exact) mass is 1030 g/mol. The molecule has 0 spiro atoms. The Labute approximate surface area is 438 Å². The third-order valence-electron chi connectivity index (χ3n) is 11.5. The van der Waals surface area contributed by atoms with Crippen molar-refractivity contribution in [2.75, 3.05) is 26.4 Å². The van der Waals surface area contributed by atoms with E-state index in [1.165, 1.54) is 25.7 Å². The topological polar surface area (TPSA) is 155 Å². The van der Waals surface area contributed by atoms with Gasteiger partial charge in [-0.25, -0.2) is 4.57 Å². The number of phosphoric acid groups is 1. The van der Waals surface area contributed by atoms with Crippen LogP contribution in [0.2, 0.25) is 0 Å². The van der Waals surface area contributed by atoms with E-state index < -0.39 is 57.8 Å². The second kappa shape index (κ2) is 53.7. The summed E-state index contributed by atoms with van der Waals surface area (Å²) in [4.78, 5) is 48.5. The van der Waals surface area contributed by atoms with Crippen molar-refractivity contribution in [1.29, 1.82) is 0 Å². The Balaban J connectivity index is 4.81. The van der Waals surface area contributed by atoms with E-state index in [0.29, 0.717) is 19.3 Å². The van der Waals surface area contributed by atoms with Gasteiger partial charge in [0.25, 0.3) is 0 Å². The van der Waals surface area contributed by atoms with Crippen molar-refractivity contribution in [3.8, 4) is 0 Å². The minimum Gasteiger partial charge on any atom is -0.462 e. The molecular formula is C60H101O11P. The highest BCUT2D eigenvalue weighted by atomic mass is 31.2. The smallest absolute Gasteiger partial charge is 0.462 e. The fraction of sp³-hybridized carbons (Fsp3) is 0.683. The summed E-state index contributed by atoms with van der Waals surface area (Å²) in [6, 6.07) is 0. The maximum absolute atomic E-state index is 12.9. The third kappa shape index (κ3) is 51.3. The van der Waals surface area contributed by atoms with E-state index in [2.05, 4.69) is 118 Å². The van der Waals surface area contributed by atoms with Gasteiger partial charge in [0.05, 0.1) is 19.8 Å². The largest absolute Gasteiger partial charge is 0.472 e. The SMILES string of the molecule is CC/C=C\C/C=C\C/C=C\C/C=C\CCCCCCC(=O)OCC(COP(=O)(O)OCC(CO)OC(=O)CCCCCCC/C=C\CCCCCC)OC(=O)CCCCCCC/C=C\C/C=C\C/C=C\CC. The first-order valence-corrected chi connectivity index (χ1v) is 29.6. The number of esters is 3. The lowest BCUT2D eigenvalue weighted by Gasteiger charge is -2.21. The fourth-order valence-electron chi connectivity index (χ4n) is 7.24. The predicted octanol–water partition coefficient (Wildman–Crippen LogP) is 16.5. The molecule has 0 aliphatic rings. The zero-order chi connectivity index (χ0) is 52.7. The number of hydrogen-bond acceptors (Lipinski definition) is 10. The standard InChI is InChI=1S/C60H101O11P/c1-4-7-10-13-16-19-22-25-27-28-30-32-34-37-40-43-46-49-58(62)67-53-57(71-60(64)51-48-45-42-39-36-33-29-26-23-20-17-14-11-8-5-2)55-69-72(65,66)68-54-56(52-61)70-59(63)50-47-44-41-38-35-31-24-21-18-15-12-9-6-3/h7-8,10-11,16-17,19-21,24-27,29-30,32,56-57,61H,4-6,9,12-15,18,22-23,28,31,33-55H2,1-3H3,(H,65,66)/b10-7-,11-8-,19-16-,20-17-,24-21-,27-25-,29-26-,32-30-. The number of aliphatic hydroxyl groups is 1. The van der Waals surface area contributed by atoms with Crippen molar-refractivity contribution in [2.45, 2.75) is 238 Å². The predicted molar refractivity (Wildman–Crippen MR) is 297 cm³/mol. The minimum absolute atomic E-state index is 0.138. The van der Waals surface area contributed by atoms with Crippen LogP contribution >= 0.6 is 7.82 Å². The summed E-state index contributed by atoms with van der Waals surface area (Å²) in [6.07, 6.45) is 62.2. The van der Waals surface area contributed by atoms with Crippen molar-refractivity contribution in [2.24, 2.45) is 0 Å². The van der Waals surface area contributed by atoms with Crippen molar-refractivity contribution in [3.05, 3.63) is 97.2 Å². The minimum atomic E-state index is -4.76. The molecule has 3 unspecified atom stereocenters. The Hall–Kier alpha value is -3.60. The molecule has 0 radical (unpaired) electrons. The van der Waals surface area contributed by atoms with Gasteiger partial charge in [-0.15, -0.1) is 0 Å². The van der Waals surface area contributed by atoms with Gasteiger partial charge in [0.15, 0.2) is 6.10 Å². The molecule has 0 heterocycles. The lowest BCUT2D eigenvalue weighted by Crippen LogP contribution is -2.30. The van der Waals surface area contributed by atoms with E-state index in [0.717, 1.165) is 141 Å². The molecule has 0 bridgehead atoms. The fourth-order valence-corrected chi connectivity index (χ4v) is 8.02. The molecule has 412 valence electrons. The number of ether oxygens (including phenoxy) is 3. The molecule has 11 nitrogen and oxygen atoms in total. The van der Waals surface area contributed by atoms with Crippen LogP contribution in [0, 0.1) is 0 Å². The van der Waals surface area contributed by atoms with Gasteiger partial charge in [-0.3, -0.25) is 23.4 Å². The summed E-state index contributed by atoms with van der Waals surface area (Å²) in [7, 11) is -4.76. The molecule has 0 saturated heterocycles. The van der Waals surface area contributed by atoms with Crippen LogP contribution in [-0.4, -0.2) is 66.5 Å². The van der Waals surface area contributed by atoms with Crippen LogP contribution in [0.25, 0.3) is 0 Å². The van der Waals surface area contributed by atoms with E-state index in [9.17, 15) is 28.9 Å². The number of aliphatic hydroxyl groups excluding tert-OH is 1. The van der Waals surface area contributed by atoms with Crippen molar-refractivity contribution >= 4 is 25.7 Å².